The molecule has 0 bridgehead atoms. The van der Waals surface area contributed by atoms with E-state index < -0.39 is 5.97 Å². The van der Waals surface area contributed by atoms with Crippen LogP contribution in [0.2, 0.25) is 0 Å². The van der Waals surface area contributed by atoms with E-state index in [-0.39, 0.29) is 18.8 Å². The number of carboxylic acids is 1. The molecule has 11 heavy (non-hydrogen) atoms. The molecule has 0 saturated heterocycles. The smallest absolute Gasteiger partial charge is 0.309 e. The van der Waals surface area contributed by atoms with Crippen LogP contribution in [-0.4, -0.2) is 26.1 Å². The van der Waals surface area contributed by atoms with E-state index in [1.165, 1.54) is 4.68 Å². The van der Waals surface area contributed by atoms with E-state index in [0.29, 0.717) is 5.69 Å². The summed E-state index contributed by atoms with van der Waals surface area (Å²) in [4.78, 5) is 10.1. The number of aliphatic carboxylic acids is 1. The normalized spacial score (nSPS) is 8.82. The number of carbonyl (C=O) groups is 1. The Morgan fingerprint density at radius 3 is 2.82 bits per heavy atom. The third kappa shape index (κ3) is 2.99. The van der Waals surface area contributed by atoms with Crippen LogP contribution >= 0.6 is 12.4 Å². The second kappa shape index (κ2) is 3.92. The molecule has 0 amide bonds. The first-order chi connectivity index (χ1) is 4.68. The fraction of sp³-hybridized carbons (Fsp3) is 0.400. The molecule has 6 heteroatoms. The molecule has 0 saturated carbocycles. The van der Waals surface area contributed by atoms with Crippen LogP contribution in [0.4, 0.5) is 0 Å². The molecule has 5 nitrogen and oxygen atoms in total. The Balaban J connectivity index is 0.000001000. The van der Waals surface area contributed by atoms with E-state index in [2.05, 4.69) is 10.3 Å². The summed E-state index contributed by atoms with van der Waals surface area (Å²) in [7, 11) is 1.69. The average molecular weight is 178 g/mol. The van der Waals surface area contributed by atoms with Crippen LogP contribution in [0.5, 0.6) is 0 Å². The molecule has 0 spiro atoms. The number of hydrogen-bond donors (Lipinski definition) is 1. The van der Waals surface area contributed by atoms with Crippen LogP contribution in [0.3, 0.4) is 0 Å². The Kier molecular flexibility index (Phi) is 3.53. The summed E-state index contributed by atoms with van der Waals surface area (Å²) in [5, 5.41) is 15.5. The van der Waals surface area contributed by atoms with Gasteiger partial charge in [0.05, 0.1) is 12.1 Å². The number of nitrogens with zero attached hydrogens (tertiary/aromatic N) is 3. The summed E-state index contributed by atoms with van der Waals surface area (Å²) in [5.74, 6) is -0.888. The zero-order valence-electron chi connectivity index (χ0n) is 5.89. The number of aryl methyl sites for hydroxylation is 1. The summed E-state index contributed by atoms with van der Waals surface area (Å²) in [6.07, 6.45) is 1.52. The van der Waals surface area contributed by atoms with E-state index in [1.54, 1.807) is 13.2 Å². The minimum atomic E-state index is -0.888. The predicted octanol–water partition coefficient (Wildman–Crippen LogP) is -0.136. The first-order valence-corrected chi connectivity index (χ1v) is 2.75. The van der Waals surface area contributed by atoms with Gasteiger partial charge in [0.15, 0.2) is 0 Å². The maximum absolute atomic E-state index is 10.1. The molecular weight excluding hydrogens is 170 g/mol. The summed E-state index contributed by atoms with van der Waals surface area (Å²) >= 11 is 0. The Hall–Kier alpha value is -1.10. The van der Waals surface area contributed by atoms with Gasteiger partial charge >= 0.3 is 5.97 Å². The zero-order valence-corrected chi connectivity index (χ0v) is 6.71. The molecule has 62 valence electrons. The lowest BCUT2D eigenvalue weighted by molar-refractivity contribution is -0.136. The van der Waals surface area contributed by atoms with Gasteiger partial charge in [0.2, 0.25) is 0 Å². The maximum Gasteiger partial charge on any atom is 0.309 e. The van der Waals surface area contributed by atoms with Crippen molar-refractivity contribution in [2.24, 2.45) is 7.05 Å². The molecule has 0 aliphatic heterocycles. The first-order valence-electron chi connectivity index (χ1n) is 2.75. The molecule has 1 rings (SSSR count). The predicted molar refractivity (Wildman–Crippen MR) is 39.6 cm³/mol. The highest BCUT2D eigenvalue weighted by molar-refractivity contribution is 5.85. The van der Waals surface area contributed by atoms with Crippen LogP contribution in [0, 0.1) is 0 Å². The molecule has 0 atom stereocenters. The topological polar surface area (TPSA) is 68.0 Å². The lowest BCUT2D eigenvalue weighted by atomic mass is 10.3. The zero-order chi connectivity index (χ0) is 7.56. The SMILES string of the molecule is Cl.Cn1cc(CC(=O)O)nn1. The molecule has 0 unspecified atom stereocenters. The fourth-order valence-corrected chi connectivity index (χ4v) is 0.631. The number of carboxylic acid groups (broad SMARTS) is 1. The number of hydrogen-bond acceptors (Lipinski definition) is 3. The lowest BCUT2D eigenvalue weighted by Gasteiger charge is -1.83. The molecule has 1 heterocycles. The van der Waals surface area contributed by atoms with Gasteiger partial charge in [0.25, 0.3) is 0 Å². The van der Waals surface area contributed by atoms with E-state index in [1.807, 2.05) is 0 Å². The van der Waals surface area contributed by atoms with Crippen LogP contribution < -0.4 is 0 Å². The van der Waals surface area contributed by atoms with Crippen molar-refractivity contribution in [3.8, 4) is 0 Å². The summed E-state index contributed by atoms with van der Waals surface area (Å²) in [6, 6.07) is 0. The van der Waals surface area contributed by atoms with Crippen LogP contribution in [0.1, 0.15) is 5.69 Å². The van der Waals surface area contributed by atoms with Crippen LogP contribution in [0.15, 0.2) is 6.20 Å². The highest BCUT2D eigenvalue weighted by Gasteiger charge is 2.02. The van der Waals surface area contributed by atoms with Crippen molar-refractivity contribution in [2.75, 3.05) is 0 Å². The number of rotatable bonds is 2. The second-order valence-corrected chi connectivity index (χ2v) is 1.95. The van der Waals surface area contributed by atoms with E-state index in [9.17, 15) is 4.79 Å². The molecule has 1 aromatic heterocycles. The van der Waals surface area contributed by atoms with Gasteiger partial charge in [0, 0.05) is 13.2 Å². The Morgan fingerprint density at radius 2 is 2.45 bits per heavy atom. The standard InChI is InChI=1S/C5H7N3O2.ClH/c1-8-3-4(6-7-8)2-5(9)10;/h3H,2H2,1H3,(H,9,10);1H. The van der Waals surface area contributed by atoms with Gasteiger partial charge < -0.3 is 5.11 Å². The Morgan fingerprint density at radius 1 is 1.82 bits per heavy atom. The summed E-state index contributed by atoms with van der Waals surface area (Å²) < 4.78 is 1.47. The van der Waals surface area contributed by atoms with E-state index in [4.69, 9.17) is 5.11 Å². The molecule has 1 aromatic rings. The van der Waals surface area contributed by atoms with Crippen molar-refractivity contribution in [3.63, 3.8) is 0 Å². The van der Waals surface area contributed by atoms with E-state index in [0.717, 1.165) is 0 Å². The Bertz CT molecular complexity index is 248. The van der Waals surface area contributed by atoms with Gasteiger partial charge in [-0.2, -0.15) is 0 Å². The molecule has 0 aliphatic rings. The van der Waals surface area contributed by atoms with Gasteiger partial charge in [-0.3, -0.25) is 9.48 Å². The van der Waals surface area contributed by atoms with E-state index >= 15 is 0 Å². The van der Waals surface area contributed by atoms with Gasteiger partial charge in [0.1, 0.15) is 0 Å². The molecular formula is C5H8ClN3O2. The average Bonchev–Trinajstić information content (AvgIpc) is 2.13. The van der Waals surface area contributed by atoms with Gasteiger partial charge in [-0.15, -0.1) is 17.5 Å². The first kappa shape index (κ1) is 9.90. The molecule has 0 aliphatic carbocycles. The minimum Gasteiger partial charge on any atom is -0.481 e. The van der Waals surface area contributed by atoms with Gasteiger partial charge in [-0.1, -0.05) is 5.21 Å². The lowest BCUT2D eigenvalue weighted by Crippen LogP contribution is -1.99. The quantitative estimate of drug-likeness (QED) is 0.683. The van der Waals surface area contributed by atoms with Crippen LogP contribution in [0.25, 0.3) is 0 Å². The highest BCUT2D eigenvalue weighted by Crippen LogP contribution is 1.91. The number of aromatic nitrogens is 3. The number of halogens is 1. The second-order valence-electron chi connectivity index (χ2n) is 1.95. The van der Waals surface area contributed by atoms with Gasteiger partial charge in [-0.25, -0.2) is 0 Å². The molecule has 0 fully saturated rings. The van der Waals surface area contributed by atoms with Crippen molar-refractivity contribution < 1.29 is 9.90 Å². The molecule has 1 N–H and O–H groups in total. The third-order valence-corrected chi connectivity index (χ3v) is 0.982. The van der Waals surface area contributed by atoms with Gasteiger partial charge in [-0.05, 0) is 0 Å². The maximum atomic E-state index is 10.1. The summed E-state index contributed by atoms with van der Waals surface area (Å²) in [6.45, 7) is 0. The molecule has 0 radical (unpaired) electrons. The van der Waals surface area contributed by atoms with Crippen molar-refractivity contribution in [1.29, 1.82) is 0 Å². The highest BCUT2D eigenvalue weighted by atomic mass is 35.5. The summed E-state index contributed by atoms with van der Waals surface area (Å²) in [5.41, 5.74) is 0.481. The minimum absolute atomic E-state index is 0. The monoisotopic (exact) mass is 177 g/mol. The largest absolute Gasteiger partial charge is 0.481 e. The van der Waals surface area contributed by atoms with Crippen molar-refractivity contribution >= 4 is 18.4 Å². The molecule has 0 aromatic carbocycles. The third-order valence-electron chi connectivity index (χ3n) is 0.982. The van der Waals surface area contributed by atoms with Crippen molar-refractivity contribution in [2.45, 2.75) is 6.42 Å². The van der Waals surface area contributed by atoms with Crippen LogP contribution in [-0.2, 0) is 18.3 Å². The van der Waals surface area contributed by atoms with Crippen molar-refractivity contribution in [1.82, 2.24) is 15.0 Å². The Labute approximate surface area is 69.4 Å². The fourth-order valence-electron chi connectivity index (χ4n) is 0.631. The van der Waals surface area contributed by atoms with Crippen molar-refractivity contribution in [3.05, 3.63) is 11.9 Å².